The molecule has 0 saturated carbocycles. The smallest absolute Gasteiger partial charge is 0.326 e. The van der Waals surface area contributed by atoms with Crippen molar-refractivity contribution >= 4 is 21.9 Å². The SMILES string of the molecule is Cc1ccc(S(N)(=O)=O)c(C(=O)N[C@H](C(=O)O)C(C)C)c1. The van der Waals surface area contributed by atoms with Crippen molar-refractivity contribution in [3.63, 3.8) is 0 Å². The largest absolute Gasteiger partial charge is 0.480 e. The average Bonchev–Trinajstić information content (AvgIpc) is 2.33. The molecule has 0 heterocycles. The molecule has 4 N–H and O–H groups in total. The summed E-state index contributed by atoms with van der Waals surface area (Å²) >= 11 is 0. The number of sulfonamides is 1. The number of carbonyl (C=O) groups excluding carboxylic acids is 1. The van der Waals surface area contributed by atoms with Gasteiger partial charge in [-0.15, -0.1) is 0 Å². The molecule has 1 rings (SSSR count). The highest BCUT2D eigenvalue weighted by Gasteiger charge is 2.26. The highest BCUT2D eigenvalue weighted by molar-refractivity contribution is 7.89. The number of aryl methyl sites for hydroxylation is 1. The predicted molar refractivity (Wildman–Crippen MR) is 76.3 cm³/mol. The van der Waals surface area contributed by atoms with Crippen molar-refractivity contribution in [3.05, 3.63) is 29.3 Å². The first-order chi connectivity index (χ1) is 9.54. The molecule has 0 unspecified atom stereocenters. The first-order valence-corrected chi connectivity index (χ1v) is 7.75. The lowest BCUT2D eigenvalue weighted by atomic mass is 10.0. The fraction of sp³-hybridized carbons (Fsp3) is 0.385. The average molecular weight is 314 g/mol. The van der Waals surface area contributed by atoms with Crippen molar-refractivity contribution in [1.82, 2.24) is 5.32 Å². The van der Waals surface area contributed by atoms with Crippen LogP contribution in [0.2, 0.25) is 0 Å². The first kappa shape index (κ1) is 17.1. The van der Waals surface area contributed by atoms with E-state index in [-0.39, 0.29) is 16.4 Å². The Labute approximate surface area is 123 Å². The van der Waals surface area contributed by atoms with Crippen LogP contribution in [0.15, 0.2) is 23.1 Å². The minimum atomic E-state index is -4.08. The number of rotatable bonds is 5. The van der Waals surface area contributed by atoms with Crippen molar-refractivity contribution in [3.8, 4) is 0 Å². The Morgan fingerprint density at radius 3 is 2.29 bits per heavy atom. The van der Waals surface area contributed by atoms with Gasteiger partial charge in [0.15, 0.2) is 0 Å². The quantitative estimate of drug-likeness (QED) is 0.728. The number of nitrogens with one attached hydrogen (secondary N) is 1. The van der Waals surface area contributed by atoms with E-state index >= 15 is 0 Å². The number of carboxylic acids is 1. The van der Waals surface area contributed by atoms with Crippen LogP contribution in [0.1, 0.15) is 29.8 Å². The molecule has 0 aliphatic rings. The number of aliphatic carboxylic acids is 1. The second-order valence-electron chi connectivity index (χ2n) is 5.08. The van der Waals surface area contributed by atoms with Crippen LogP contribution >= 0.6 is 0 Å². The van der Waals surface area contributed by atoms with Gasteiger partial charge in [0.05, 0.1) is 10.5 Å². The summed E-state index contributed by atoms with van der Waals surface area (Å²) in [7, 11) is -4.08. The molecular formula is C13H18N2O5S. The van der Waals surface area contributed by atoms with Gasteiger partial charge in [0.2, 0.25) is 10.0 Å². The van der Waals surface area contributed by atoms with E-state index in [1.54, 1.807) is 20.8 Å². The fourth-order valence-corrected chi connectivity index (χ4v) is 2.52. The standard InChI is InChI=1S/C13H18N2O5S/c1-7(2)11(13(17)18)15-12(16)9-6-8(3)4-5-10(9)21(14,19)20/h4-7,11H,1-3H3,(H,15,16)(H,17,18)(H2,14,19,20)/t11-/m0/s1. The van der Waals surface area contributed by atoms with Gasteiger partial charge in [-0.2, -0.15) is 0 Å². The lowest BCUT2D eigenvalue weighted by molar-refractivity contribution is -0.140. The summed E-state index contributed by atoms with van der Waals surface area (Å²) in [6.07, 6.45) is 0. The molecule has 1 aromatic carbocycles. The molecule has 0 aliphatic carbocycles. The zero-order valence-corrected chi connectivity index (χ0v) is 12.8. The van der Waals surface area contributed by atoms with Gasteiger partial charge < -0.3 is 10.4 Å². The molecule has 0 bridgehead atoms. The molecule has 0 radical (unpaired) electrons. The summed E-state index contributed by atoms with van der Waals surface area (Å²) in [5.41, 5.74) is 0.494. The molecule has 0 spiro atoms. The zero-order chi connectivity index (χ0) is 16.4. The van der Waals surface area contributed by atoms with Crippen LogP contribution in [0.25, 0.3) is 0 Å². The first-order valence-electron chi connectivity index (χ1n) is 6.21. The monoisotopic (exact) mass is 314 g/mol. The second kappa shape index (κ2) is 6.23. The third-order valence-electron chi connectivity index (χ3n) is 2.91. The highest BCUT2D eigenvalue weighted by atomic mass is 32.2. The Morgan fingerprint density at radius 1 is 1.29 bits per heavy atom. The highest BCUT2D eigenvalue weighted by Crippen LogP contribution is 2.17. The van der Waals surface area contributed by atoms with E-state index in [0.29, 0.717) is 5.56 Å². The second-order valence-corrected chi connectivity index (χ2v) is 6.61. The summed E-state index contributed by atoms with van der Waals surface area (Å²) < 4.78 is 23.0. The molecule has 1 aromatic rings. The molecule has 8 heteroatoms. The number of amides is 1. The summed E-state index contributed by atoms with van der Waals surface area (Å²) in [6.45, 7) is 4.95. The normalized spacial score (nSPS) is 13.0. The van der Waals surface area contributed by atoms with Gasteiger partial charge in [0.1, 0.15) is 6.04 Å². The molecule has 0 fully saturated rings. The predicted octanol–water partition coefficient (Wildman–Crippen LogP) is 0.481. The number of carbonyl (C=O) groups is 2. The van der Waals surface area contributed by atoms with Crippen LogP contribution in [0.5, 0.6) is 0 Å². The molecule has 21 heavy (non-hydrogen) atoms. The van der Waals surface area contributed by atoms with E-state index in [9.17, 15) is 18.0 Å². The Hall–Kier alpha value is -1.93. The molecule has 7 nitrogen and oxygen atoms in total. The minimum absolute atomic E-state index is 0.163. The van der Waals surface area contributed by atoms with Crippen molar-refractivity contribution in [2.75, 3.05) is 0 Å². The van der Waals surface area contributed by atoms with E-state index in [1.165, 1.54) is 18.2 Å². The number of carboxylic acid groups (broad SMARTS) is 1. The Kier molecular flexibility index (Phi) is 5.08. The van der Waals surface area contributed by atoms with Crippen LogP contribution in [0, 0.1) is 12.8 Å². The molecule has 0 aromatic heterocycles. The van der Waals surface area contributed by atoms with E-state index in [0.717, 1.165) is 0 Å². The van der Waals surface area contributed by atoms with E-state index < -0.39 is 27.9 Å². The summed E-state index contributed by atoms with van der Waals surface area (Å²) in [6, 6.07) is 2.97. The summed E-state index contributed by atoms with van der Waals surface area (Å²) in [5.74, 6) is -2.33. The Bertz CT molecular complexity index is 667. The maximum absolute atomic E-state index is 12.2. The fourth-order valence-electron chi connectivity index (χ4n) is 1.80. The van der Waals surface area contributed by atoms with Crippen LogP contribution in [0.3, 0.4) is 0 Å². The zero-order valence-electron chi connectivity index (χ0n) is 12.0. The van der Waals surface area contributed by atoms with Gasteiger partial charge in [0, 0.05) is 0 Å². The van der Waals surface area contributed by atoms with Gasteiger partial charge >= 0.3 is 5.97 Å². The number of nitrogens with two attached hydrogens (primary N) is 1. The van der Waals surface area contributed by atoms with Crippen molar-refractivity contribution < 1.29 is 23.1 Å². The van der Waals surface area contributed by atoms with Gasteiger partial charge in [-0.25, -0.2) is 18.4 Å². The number of primary sulfonamides is 1. The summed E-state index contributed by atoms with van der Waals surface area (Å²) in [4.78, 5) is 23.0. The third-order valence-corrected chi connectivity index (χ3v) is 3.87. The van der Waals surface area contributed by atoms with Crippen LogP contribution in [-0.4, -0.2) is 31.4 Å². The van der Waals surface area contributed by atoms with Gasteiger partial charge in [-0.3, -0.25) is 4.79 Å². The Morgan fingerprint density at radius 2 is 1.86 bits per heavy atom. The number of hydrogen-bond acceptors (Lipinski definition) is 4. The lowest BCUT2D eigenvalue weighted by Gasteiger charge is -2.18. The van der Waals surface area contributed by atoms with Gasteiger partial charge in [0.25, 0.3) is 5.91 Å². The number of hydrogen-bond donors (Lipinski definition) is 3. The van der Waals surface area contributed by atoms with Gasteiger partial charge in [-0.05, 0) is 25.0 Å². The molecular weight excluding hydrogens is 296 g/mol. The molecule has 0 aliphatic heterocycles. The van der Waals surface area contributed by atoms with Crippen molar-refractivity contribution in [1.29, 1.82) is 0 Å². The van der Waals surface area contributed by atoms with E-state index in [1.807, 2.05) is 0 Å². The molecule has 116 valence electrons. The van der Waals surface area contributed by atoms with E-state index in [2.05, 4.69) is 5.32 Å². The Balaban J connectivity index is 3.24. The lowest BCUT2D eigenvalue weighted by Crippen LogP contribution is -2.44. The molecule has 1 amide bonds. The van der Waals surface area contributed by atoms with Gasteiger partial charge in [-0.1, -0.05) is 25.5 Å². The maximum Gasteiger partial charge on any atom is 0.326 e. The topological polar surface area (TPSA) is 127 Å². The van der Waals surface area contributed by atoms with Crippen molar-refractivity contribution in [2.24, 2.45) is 11.1 Å². The van der Waals surface area contributed by atoms with Crippen LogP contribution in [-0.2, 0) is 14.8 Å². The maximum atomic E-state index is 12.2. The van der Waals surface area contributed by atoms with Crippen LogP contribution in [0.4, 0.5) is 0 Å². The minimum Gasteiger partial charge on any atom is -0.480 e. The van der Waals surface area contributed by atoms with Crippen molar-refractivity contribution in [2.45, 2.75) is 31.7 Å². The van der Waals surface area contributed by atoms with Crippen LogP contribution < -0.4 is 10.5 Å². The molecule has 0 saturated heterocycles. The van der Waals surface area contributed by atoms with E-state index in [4.69, 9.17) is 10.2 Å². The number of benzene rings is 1. The summed E-state index contributed by atoms with van der Waals surface area (Å²) in [5, 5.41) is 16.5. The molecule has 1 atom stereocenters. The third kappa shape index (κ3) is 4.27.